The van der Waals surface area contributed by atoms with Gasteiger partial charge in [0.05, 0.1) is 17.8 Å². The first-order chi connectivity index (χ1) is 19.6. The number of allylic oxidation sites excluding steroid dienone is 1. The molecule has 0 spiro atoms. The molecular weight excluding hydrogens is 506 g/mol. The van der Waals surface area contributed by atoms with Gasteiger partial charge < -0.3 is 14.9 Å². The van der Waals surface area contributed by atoms with E-state index in [1.165, 1.54) is 11.1 Å². The molecule has 0 unspecified atom stereocenters. The molecular formula is C35H43N5O. The molecule has 6 nitrogen and oxygen atoms in total. The first-order valence-electron chi connectivity index (χ1n) is 14.9. The molecule has 1 atom stereocenters. The highest BCUT2D eigenvalue weighted by Gasteiger charge is 2.24. The van der Waals surface area contributed by atoms with Gasteiger partial charge in [-0.2, -0.15) is 0 Å². The van der Waals surface area contributed by atoms with E-state index in [0.29, 0.717) is 6.42 Å². The van der Waals surface area contributed by atoms with Gasteiger partial charge in [0, 0.05) is 64.1 Å². The van der Waals surface area contributed by atoms with Crippen LogP contribution < -0.4 is 0 Å². The second-order valence-electron chi connectivity index (χ2n) is 11.7. The summed E-state index contributed by atoms with van der Waals surface area (Å²) in [5.74, 6) is 0.337. The predicted octanol–water partition coefficient (Wildman–Crippen LogP) is 7.84. The van der Waals surface area contributed by atoms with Gasteiger partial charge in [-0.25, -0.2) is 4.98 Å². The number of aromatic nitrogens is 4. The number of rotatable bonds is 7. The number of nitrogens with one attached hydrogen (secondary N) is 2. The number of likely N-dealkylation sites (N-methyl/N-ethyl adjacent to an activating group) is 1. The number of nitrogens with zero attached hydrogens (tertiary/aromatic N) is 3. The molecule has 5 heterocycles. The summed E-state index contributed by atoms with van der Waals surface area (Å²) >= 11 is 0. The third-order valence-corrected chi connectivity index (χ3v) is 8.76. The number of amides is 1. The van der Waals surface area contributed by atoms with Crippen LogP contribution in [0.4, 0.5) is 0 Å². The maximum absolute atomic E-state index is 13.4. The minimum atomic E-state index is 0.107. The molecule has 41 heavy (non-hydrogen) atoms. The topological polar surface area (TPSA) is 77.7 Å². The molecule has 2 aliphatic heterocycles. The third kappa shape index (κ3) is 5.40. The number of carbonyl (C=O) groups excluding carboxylic acids is 1. The summed E-state index contributed by atoms with van der Waals surface area (Å²) in [6.45, 7) is 17.8. The van der Waals surface area contributed by atoms with Crippen molar-refractivity contribution in [1.29, 1.82) is 0 Å². The Labute approximate surface area is 243 Å². The van der Waals surface area contributed by atoms with Crippen LogP contribution in [-0.4, -0.2) is 44.3 Å². The Kier molecular flexibility index (Phi) is 8.03. The van der Waals surface area contributed by atoms with E-state index >= 15 is 0 Å². The lowest BCUT2D eigenvalue weighted by Gasteiger charge is -2.17. The van der Waals surface area contributed by atoms with E-state index in [-0.39, 0.29) is 11.8 Å². The lowest BCUT2D eigenvalue weighted by Crippen LogP contribution is -2.29. The van der Waals surface area contributed by atoms with Crippen molar-refractivity contribution in [2.45, 2.75) is 79.6 Å². The van der Waals surface area contributed by atoms with Crippen molar-refractivity contribution in [2.75, 3.05) is 13.6 Å². The molecule has 2 N–H and O–H groups in total. The van der Waals surface area contributed by atoms with Crippen LogP contribution in [0, 0.1) is 13.8 Å². The molecule has 0 aromatic carbocycles. The minimum Gasteiger partial charge on any atom is -0.355 e. The number of carbonyl (C=O) groups is 1. The van der Waals surface area contributed by atoms with E-state index in [9.17, 15) is 4.79 Å². The lowest BCUT2D eigenvalue weighted by molar-refractivity contribution is -0.129. The summed E-state index contributed by atoms with van der Waals surface area (Å²) in [5, 5.41) is 0. The van der Waals surface area contributed by atoms with Crippen LogP contribution in [0.2, 0.25) is 0 Å². The van der Waals surface area contributed by atoms with Gasteiger partial charge in [-0.05, 0) is 86.6 Å². The van der Waals surface area contributed by atoms with E-state index in [0.717, 1.165) is 99.3 Å². The second kappa shape index (κ2) is 11.5. The molecule has 8 bridgehead atoms. The molecule has 1 amide bonds. The minimum absolute atomic E-state index is 0.107. The van der Waals surface area contributed by atoms with Crippen LogP contribution in [0.25, 0.3) is 39.8 Å². The van der Waals surface area contributed by atoms with Crippen molar-refractivity contribution in [1.82, 2.24) is 24.8 Å². The summed E-state index contributed by atoms with van der Waals surface area (Å²) in [5.41, 5.74) is 14.8. The van der Waals surface area contributed by atoms with Crippen molar-refractivity contribution in [3.63, 3.8) is 0 Å². The standard InChI is InChI=1S/C35H43N5O/c1-9-12-13-40(8)35(41)16-26-31-14-20(4)27(36-31)17-29-22(6)25(11-3)34(38-29)19-30-23(7)24(10-2)33(39-30)18-28-21(5)15-32(26)37-28/h11,15,17-20,38-39H,3,9-10,12-14,16H2,1-2,4-8H3/t20-/m0/s1. The molecule has 0 saturated heterocycles. The second-order valence-corrected chi connectivity index (χ2v) is 11.7. The maximum atomic E-state index is 13.4. The Morgan fingerprint density at radius 3 is 2.46 bits per heavy atom. The smallest absolute Gasteiger partial charge is 0.226 e. The van der Waals surface area contributed by atoms with Gasteiger partial charge in [0.2, 0.25) is 5.91 Å². The van der Waals surface area contributed by atoms with E-state index in [1.54, 1.807) is 0 Å². The number of hydrogen-bond acceptors (Lipinski definition) is 3. The van der Waals surface area contributed by atoms with Gasteiger partial charge in [0.25, 0.3) is 0 Å². The zero-order chi connectivity index (χ0) is 29.4. The zero-order valence-electron chi connectivity index (χ0n) is 25.7. The van der Waals surface area contributed by atoms with E-state index in [2.05, 4.69) is 82.4 Å². The van der Waals surface area contributed by atoms with Crippen molar-refractivity contribution in [3.8, 4) is 0 Å². The molecule has 2 aliphatic rings. The number of fused-ring (bicyclic) bond motifs is 8. The number of aromatic amines is 2. The lowest BCUT2D eigenvalue weighted by atomic mass is 9.99. The monoisotopic (exact) mass is 549 g/mol. The maximum Gasteiger partial charge on any atom is 0.226 e. The number of unbranched alkanes of at least 4 members (excludes halogenated alkanes) is 1. The Bertz CT molecular complexity index is 1720. The Balaban J connectivity index is 1.86. The van der Waals surface area contributed by atoms with Gasteiger partial charge >= 0.3 is 0 Å². The van der Waals surface area contributed by atoms with Gasteiger partial charge in [0.15, 0.2) is 0 Å². The van der Waals surface area contributed by atoms with Gasteiger partial charge in [-0.15, -0.1) is 0 Å². The average Bonchev–Trinajstić information content (AvgIpc) is 3.66. The Morgan fingerprint density at radius 2 is 1.76 bits per heavy atom. The van der Waals surface area contributed by atoms with Crippen LogP contribution in [0.1, 0.15) is 97.0 Å². The number of hydrogen-bond donors (Lipinski definition) is 2. The highest BCUT2D eigenvalue weighted by molar-refractivity contribution is 5.88. The third-order valence-electron chi connectivity index (χ3n) is 8.76. The summed E-state index contributed by atoms with van der Waals surface area (Å²) in [7, 11) is 1.90. The largest absolute Gasteiger partial charge is 0.355 e. The molecule has 0 fully saturated rings. The summed E-state index contributed by atoms with van der Waals surface area (Å²) in [6.07, 6.45) is 8.09. The van der Waals surface area contributed by atoms with Crippen LogP contribution in [0.15, 0.2) is 24.8 Å². The Morgan fingerprint density at radius 1 is 1.02 bits per heavy atom. The highest BCUT2D eigenvalue weighted by Crippen LogP contribution is 2.32. The van der Waals surface area contributed by atoms with Crippen LogP contribution in [0.5, 0.6) is 0 Å². The molecule has 6 heteroatoms. The van der Waals surface area contributed by atoms with Crippen molar-refractivity contribution >= 4 is 45.7 Å². The van der Waals surface area contributed by atoms with Crippen LogP contribution >= 0.6 is 0 Å². The molecule has 3 aromatic heterocycles. The predicted molar refractivity (Wildman–Crippen MR) is 172 cm³/mol. The number of H-pyrrole nitrogens is 2. The Hall–Kier alpha value is -3.93. The summed E-state index contributed by atoms with van der Waals surface area (Å²) < 4.78 is 0. The summed E-state index contributed by atoms with van der Waals surface area (Å²) in [6, 6.07) is 6.52. The summed E-state index contributed by atoms with van der Waals surface area (Å²) in [4.78, 5) is 32.9. The first kappa shape index (κ1) is 28.6. The van der Waals surface area contributed by atoms with Gasteiger partial charge in [-0.1, -0.05) is 39.8 Å². The fraction of sp³-hybridized carbons (Fsp3) is 0.400. The van der Waals surface area contributed by atoms with Gasteiger partial charge in [0.1, 0.15) is 0 Å². The number of aryl methyl sites for hydroxylation is 3. The fourth-order valence-corrected chi connectivity index (χ4v) is 6.05. The average molecular weight is 550 g/mol. The van der Waals surface area contributed by atoms with Crippen molar-refractivity contribution < 1.29 is 4.79 Å². The normalized spacial score (nSPS) is 14.7. The van der Waals surface area contributed by atoms with Crippen LogP contribution in [-0.2, 0) is 24.1 Å². The fourth-order valence-electron chi connectivity index (χ4n) is 6.05. The molecule has 214 valence electrons. The SMILES string of the molecule is C=Cc1c(C)c2cc3nc(c(CC(=O)N(C)CCCC)c4nc(cc5[nH]c(cc1[nH]2)c(C)c5CC)C(C)=C4)C[C@@H]3C. The zero-order valence-corrected chi connectivity index (χ0v) is 25.7. The van der Waals surface area contributed by atoms with E-state index in [4.69, 9.17) is 9.97 Å². The molecule has 0 radical (unpaired) electrons. The molecule has 0 saturated carbocycles. The molecule has 5 rings (SSSR count). The molecule has 3 aromatic rings. The van der Waals surface area contributed by atoms with Crippen LogP contribution in [0.3, 0.4) is 0 Å². The van der Waals surface area contributed by atoms with Crippen molar-refractivity contribution in [3.05, 3.63) is 75.4 Å². The van der Waals surface area contributed by atoms with Crippen molar-refractivity contribution in [2.24, 2.45) is 0 Å². The van der Waals surface area contributed by atoms with E-state index in [1.807, 2.05) is 18.0 Å². The highest BCUT2D eigenvalue weighted by atomic mass is 16.2. The van der Waals surface area contributed by atoms with Gasteiger partial charge in [-0.3, -0.25) is 9.78 Å². The quantitative estimate of drug-likeness (QED) is 0.315. The first-order valence-corrected chi connectivity index (χ1v) is 14.9. The molecule has 0 aliphatic carbocycles. The van der Waals surface area contributed by atoms with E-state index < -0.39 is 0 Å².